The summed E-state index contributed by atoms with van der Waals surface area (Å²) in [5, 5.41) is 25.7. The maximum atomic E-state index is 10.6. The number of rotatable bonds is 4. The molecule has 0 aliphatic rings. The highest BCUT2D eigenvalue weighted by Crippen LogP contribution is 2.18. The quantitative estimate of drug-likeness (QED) is 0.620. The number of nitrogens with zero attached hydrogens (tertiary/aromatic N) is 5. The fraction of sp³-hybridized carbons (Fsp3) is 0.111. The minimum Gasteiger partial charge on any atom is -0.363 e. The number of nitrogens with one attached hydrogen (secondary N) is 1. The van der Waals surface area contributed by atoms with Gasteiger partial charge in [0, 0.05) is 6.07 Å². The van der Waals surface area contributed by atoms with Crippen LogP contribution >= 0.6 is 0 Å². The number of nitriles is 1. The van der Waals surface area contributed by atoms with Crippen molar-refractivity contribution in [1.29, 1.82) is 5.26 Å². The lowest BCUT2D eigenvalue weighted by Gasteiger charge is -2.02. The monoisotopic (exact) mass is 246 g/mol. The van der Waals surface area contributed by atoms with Crippen molar-refractivity contribution in [1.82, 2.24) is 15.1 Å². The Morgan fingerprint density at radius 2 is 2.39 bits per heavy atom. The molecule has 2 aromatic heterocycles. The average molecular weight is 246 g/mol. The number of hydrogen-bond acceptors (Lipinski definition) is 8. The van der Waals surface area contributed by atoms with E-state index in [9.17, 15) is 10.1 Å². The fourth-order valence-corrected chi connectivity index (χ4v) is 1.22. The van der Waals surface area contributed by atoms with E-state index >= 15 is 0 Å². The largest absolute Gasteiger partial charge is 0.363 e. The lowest BCUT2D eigenvalue weighted by atomic mass is 10.3. The Morgan fingerprint density at radius 3 is 3.00 bits per heavy atom. The second kappa shape index (κ2) is 4.88. The predicted octanol–water partition coefficient (Wildman–Crippen LogP) is 0.857. The summed E-state index contributed by atoms with van der Waals surface area (Å²) in [6.45, 7) is 0.242. The van der Waals surface area contributed by atoms with Gasteiger partial charge in [0.05, 0.1) is 11.5 Å². The van der Waals surface area contributed by atoms with E-state index in [0.717, 1.165) is 0 Å². The molecule has 90 valence electrons. The van der Waals surface area contributed by atoms with Gasteiger partial charge in [0.15, 0.2) is 5.82 Å². The minimum atomic E-state index is -0.658. The smallest absolute Gasteiger partial charge is 0.305 e. The van der Waals surface area contributed by atoms with Crippen LogP contribution in [0.3, 0.4) is 0 Å². The van der Waals surface area contributed by atoms with Gasteiger partial charge in [-0.15, -0.1) is 0 Å². The molecule has 0 atom stereocenters. The standard InChI is InChI=1S/C9H6N6O3/c10-3-6-7(15(16)17)1-2-8(13-6)11-4-9-12-5-18-14-9/h1-2,5H,4H2,(H,11,13). The van der Waals surface area contributed by atoms with Gasteiger partial charge >= 0.3 is 5.69 Å². The average Bonchev–Trinajstić information content (AvgIpc) is 2.88. The first-order valence-electron chi connectivity index (χ1n) is 4.75. The number of anilines is 1. The van der Waals surface area contributed by atoms with Crippen molar-refractivity contribution >= 4 is 11.5 Å². The highest BCUT2D eigenvalue weighted by atomic mass is 16.6. The van der Waals surface area contributed by atoms with Crippen molar-refractivity contribution in [3.8, 4) is 6.07 Å². The summed E-state index contributed by atoms with van der Waals surface area (Å²) >= 11 is 0. The third kappa shape index (κ3) is 2.38. The second-order valence-electron chi connectivity index (χ2n) is 3.13. The molecule has 0 radical (unpaired) electrons. The van der Waals surface area contributed by atoms with Crippen LogP contribution in [0.15, 0.2) is 23.0 Å². The number of pyridine rings is 1. The Balaban J connectivity index is 2.15. The second-order valence-corrected chi connectivity index (χ2v) is 3.13. The first-order chi connectivity index (χ1) is 8.70. The van der Waals surface area contributed by atoms with E-state index in [2.05, 4.69) is 25.0 Å². The van der Waals surface area contributed by atoms with Crippen molar-refractivity contribution in [2.24, 2.45) is 0 Å². The van der Waals surface area contributed by atoms with Gasteiger partial charge < -0.3 is 9.84 Å². The van der Waals surface area contributed by atoms with Gasteiger partial charge in [0.25, 0.3) is 0 Å². The summed E-state index contributed by atoms with van der Waals surface area (Å²) < 4.78 is 4.54. The zero-order valence-electron chi connectivity index (χ0n) is 8.90. The van der Waals surface area contributed by atoms with Gasteiger partial charge in [-0.2, -0.15) is 10.2 Å². The first-order valence-corrected chi connectivity index (χ1v) is 4.75. The molecule has 2 heterocycles. The molecule has 2 aromatic rings. The van der Waals surface area contributed by atoms with Crippen LogP contribution in [-0.4, -0.2) is 20.0 Å². The predicted molar refractivity (Wildman–Crippen MR) is 57.2 cm³/mol. The van der Waals surface area contributed by atoms with Gasteiger partial charge in [-0.3, -0.25) is 10.1 Å². The zero-order valence-corrected chi connectivity index (χ0v) is 8.90. The normalized spacial score (nSPS) is 9.72. The highest BCUT2D eigenvalue weighted by Gasteiger charge is 2.15. The van der Waals surface area contributed by atoms with Crippen LogP contribution in [0, 0.1) is 21.4 Å². The molecule has 0 saturated carbocycles. The van der Waals surface area contributed by atoms with Gasteiger partial charge in [-0.1, -0.05) is 5.16 Å². The summed E-state index contributed by atoms with van der Waals surface area (Å²) in [6, 6.07) is 4.28. The van der Waals surface area contributed by atoms with Crippen LogP contribution in [0.4, 0.5) is 11.5 Å². The molecule has 0 fully saturated rings. The maximum Gasteiger partial charge on any atom is 0.305 e. The Labute approximate surface area is 100 Å². The van der Waals surface area contributed by atoms with Gasteiger partial charge in [0.1, 0.15) is 11.9 Å². The Morgan fingerprint density at radius 1 is 1.56 bits per heavy atom. The minimum absolute atomic E-state index is 0.242. The number of hydrogen-bond donors (Lipinski definition) is 1. The van der Waals surface area contributed by atoms with Gasteiger partial charge in [-0.05, 0) is 6.07 Å². The Hall–Kier alpha value is -3.02. The molecule has 0 unspecified atom stereocenters. The van der Waals surface area contributed by atoms with Crippen LogP contribution in [-0.2, 0) is 6.54 Å². The molecule has 0 spiro atoms. The number of aromatic nitrogens is 3. The van der Waals surface area contributed by atoms with Gasteiger partial charge in [-0.25, -0.2) is 4.98 Å². The lowest BCUT2D eigenvalue weighted by molar-refractivity contribution is -0.385. The highest BCUT2D eigenvalue weighted by molar-refractivity contribution is 5.50. The molecule has 1 N–H and O–H groups in total. The third-order valence-electron chi connectivity index (χ3n) is 2.01. The van der Waals surface area contributed by atoms with Crippen LogP contribution in [0.2, 0.25) is 0 Å². The molecular formula is C9H6N6O3. The molecule has 2 rings (SSSR count). The number of nitro groups is 1. The molecule has 0 aromatic carbocycles. The molecule has 18 heavy (non-hydrogen) atoms. The van der Waals surface area contributed by atoms with E-state index in [1.165, 1.54) is 18.5 Å². The molecule has 0 aliphatic heterocycles. The lowest BCUT2D eigenvalue weighted by Crippen LogP contribution is -2.04. The molecule has 0 aliphatic carbocycles. The molecule has 0 amide bonds. The molecule has 0 bridgehead atoms. The summed E-state index contributed by atoms with van der Waals surface area (Å²) in [5.41, 5.74) is -0.583. The summed E-state index contributed by atoms with van der Waals surface area (Å²) in [5.74, 6) is 0.732. The maximum absolute atomic E-state index is 10.6. The van der Waals surface area contributed by atoms with Crippen molar-refractivity contribution in [3.63, 3.8) is 0 Å². The van der Waals surface area contributed by atoms with Crippen LogP contribution < -0.4 is 5.32 Å². The SMILES string of the molecule is N#Cc1nc(NCc2ncon2)ccc1[N+](=O)[O-]. The molecular weight excluding hydrogens is 240 g/mol. The van der Waals surface area contributed by atoms with Gasteiger partial charge in [0.2, 0.25) is 12.1 Å². The van der Waals surface area contributed by atoms with E-state index in [-0.39, 0.29) is 17.9 Å². The third-order valence-corrected chi connectivity index (χ3v) is 2.01. The van der Waals surface area contributed by atoms with Crippen LogP contribution in [0.1, 0.15) is 11.5 Å². The Bertz CT molecular complexity index is 603. The molecule has 9 nitrogen and oxygen atoms in total. The van der Waals surface area contributed by atoms with E-state index in [4.69, 9.17) is 5.26 Å². The fourth-order valence-electron chi connectivity index (χ4n) is 1.22. The summed E-state index contributed by atoms with van der Waals surface area (Å²) in [4.78, 5) is 17.5. The van der Waals surface area contributed by atoms with E-state index in [0.29, 0.717) is 11.6 Å². The topological polar surface area (TPSA) is 131 Å². The molecule has 0 saturated heterocycles. The zero-order chi connectivity index (χ0) is 13.0. The van der Waals surface area contributed by atoms with Crippen LogP contribution in [0.25, 0.3) is 0 Å². The van der Waals surface area contributed by atoms with Crippen molar-refractivity contribution < 1.29 is 9.45 Å². The van der Waals surface area contributed by atoms with Crippen molar-refractivity contribution in [2.45, 2.75) is 6.54 Å². The molecule has 9 heteroatoms. The Kier molecular flexibility index (Phi) is 3.11. The van der Waals surface area contributed by atoms with E-state index in [1.54, 1.807) is 6.07 Å². The van der Waals surface area contributed by atoms with E-state index < -0.39 is 4.92 Å². The summed E-state index contributed by atoms with van der Waals surface area (Å²) in [6.07, 6.45) is 1.18. The van der Waals surface area contributed by atoms with Crippen molar-refractivity contribution in [3.05, 3.63) is 40.2 Å². The van der Waals surface area contributed by atoms with Crippen LogP contribution in [0.5, 0.6) is 0 Å². The first kappa shape index (κ1) is 11.5. The van der Waals surface area contributed by atoms with Crippen molar-refractivity contribution in [2.75, 3.05) is 5.32 Å². The van der Waals surface area contributed by atoms with E-state index in [1.807, 2.05) is 0 Å². The summed E-state index contributed by atoms with van der Waals surface area (Å²) in [7, 11) is 0.